The van der Waals surface area contributed by atoms with Crippen LogP contribution in [-0.4, -0.2) is 10.9 Å². The van der Waals surface area contributed by atoms with Crippen LogP contribution in [0.5, 0.6) is 0 Å². The van der Waals surface area contributed by atoms with Crippen LogP contribution in [0.1, 0.15) is 37.5 Å². The predicted octanol–water partition coefficient (Wildman–Crippen LogP) is 6.87. The number of ketones is 1. The molecule has 0 bridgehead atoms. The average Bonchev–Trinajstić information content (AvgIpc) is 2.66. The zero-order valence-electron chi connectivity index (χ0n) is 16.2. The SMILES string of the molecule is CC1(C)CC(=O)C(C(Sc2ccccc2)c2ccc3ccccc3c2)=C(O)C1. The monoisotopic (exact) mass is 388 g/mol. The largest absolute Gasteiger partial charge is 0.512 e. The summed E-state index contributed by atoms with van der Waals surface area (Å²) in [6.45, 7) is 4.07. The molecular weight excluding hydrogens is 364 g/mol. The molecule has 3 aromatic carbocycles. The number of rotatable bonds is 4. The van der Waals surface area contributed by atoms with E-state index in [-0.39, 0.29) is 22.2 Å². The smallest absolute Gasteiger partial charge is 0.164 e. The van der Waals surface area contributed by atoms with E-state index in [2.05, 4.69) is 30.3 Å². The molecule has 2 nitrogen and oxygen atoms in total. The molecule has 4 rings (SSSR count). The van der Waals surface area contributed by atoms with Crippen molar-refractivity contribution in [3.8, 4) is 0 Å². The highest BCUT2D eigenvalue weighted by atomic mass is 32.2. The molecule has 0 saturated carbocycles. The maximum Gasteiger partial charge on any atom is 0.164 e. The highest BCUT2D eigenvalue weighted by Gasteiger charge is 2.37. The van der Waals surface area contributed by atoms with Crippen molar-refractivity contribution in [2.45, 2.75) is 36.8 Å². The molecule has 0 amide bonds. The molecule has 28 heavy (non-hydrogen) atoms. The van der Waals surface area contributed by atoms with Crippen LogP contribution in [0.25, 0.3) is 10.8 Å². The van der Waals surface area contributed by atoms with Crippen LogP contribution < -0.4 is 0 Å². The van der Waals surface area contributed by atoms with Gasteiger partial charge in [0.2, 0.25) is 0 Å². The number of fused-ring (bicyclic) bond motifs is 1. The van der Waals surface area contributed by atoms with Crippen LogP contribution in [0.15, 0.2) is 89.0 Å². The first-order valence-electron chi connectivity index (χ1n) is 9.59. The van der Waals surface area contributed by atoms with Crippen molar-refractivity contribution in [3.05, 3.63) is 89.7 Å². The van der Waals surface area contributed by atoms with Gasteiger partial charge in [0.1, 0.15) is 5.76 Å². The Labute approximate surface area is 170 Å². The van der Waals surface area contributed by atoms with Gasteiger partial charge >= 0.3 is 0 Å². The lowest BCUT2D eigenvalue weighted by molar-refractivity contribution is -0.118. The summed E-state index contributed by atoms with van der Waals surface area (Å²) < 4.78 is 0. The molecule has 1 N–H and O–H groups in total. The molecule has 0 aliphatic heterocycles. The van der Waals surface area contributed by atoms with Gasteiger partial charge in [0.05, 0.1) is 10.8 Å². The third kappa shape index (κ3) is 3.85. The Kier molecular flexibility index (Phi) is 5.03. The Morgan fingerprint density at radius 1 is 0.893 bits per heavy atom. The Morgan fingerprint density at radius 2 is 1.57 bits per heavy atom. The van der Waals surface area contributed by atoms with E-state index in [4.69, 9.17) is 0 Å². The maximum atomic E-state index is 13.1. The topological polar surface area (TPSA) is 37.3 Å². The molecule has 1 atom stereocenters. The minimum absolute atomic E-state index is 0.0512. The number of aliphatic hydroxyl groups is 1. The third-order valence-corrected chi connectivity index (χ3v) is 6.52. The molecule has 0 heterocycles. The Morgan fingerprint density at radius 3 is 2.29 bits per heavy atom. The van der Waals surface area contributed by atoms with E-state index in [0.717, 1.165) is 15.8 Å². The molecule has 0 radical (unpaired) electrons. The third-order valence-electron chi connectivity index (χ3n) is 5.23. The van der Waals surface area contributed by atoms with Crippen LogP contribution in [0, 0.1) is 5.41 Å². The first kappa shape index (κ1) is 18.8. The normalized spacial score (nSPS) is 17.7. The Bertz CT molecular complexity index is 1050. The molecular formula is C25H24O2S. The van der Waals surface area contributed by atoms with Gasteiger partial charge < -0.3 is 5.11 Å². The van der Waals surface area contributed by atoms with Gasteiger partial charge in [0, 0.05) is 17.7 Å². The Balaban J connectivity index is 1.83. The van der Waals surface area contributed by atoms with E-state index in [1.165, 1.54) is 5.39 Å². The zero-order valence-corrected chi connectivity index (χ0v) is 17.0. The van der Waals surface area contributed by atoms with E-state index in [9.17, 15) is 9.90 Å². The molecule has 1 aliphatic carbocycles. The highest BCUT2D eigenvalue weighted by Crippen LogP contribution is 2.47. The van der Waals surface area contributed by atoms with Crippen LogP contribution in [0.4, 0.5) is 0 Å². The van der Waals surface area contributed by atoms with Crippen LogP contribution in [0.2, 0.25) is 0 Å². The van der Waals surface area contributed by atoms with Crippen LogP contribution >= 0.6 is 11.8 Å². The van der Waals surface area contributed by atoms with Crippen molar-refractivity contribution in [1.82, 2.24) is 0 Å². The zero-order chi connectivity index (χ0) is 19.7. The summed E-state index contributed by atoms with van der Waals surface area (Å²) in [4.78, 5) is 14.1. The molecule has 0 aromatic heterocycles. The van der Waals surface area contributed by atoms with Gasteiger partial charge in [-0.15, -0.1) is 11.8 Å². The number of carbonyl (C=O) groups excluding carboxylic acids is 1. The van der Waals surface area contributed by atoms with Crippen molar-refractivity contribution in [3.63, 3.8) is 0 Å². The molecule has 0 saturated heterocycles. The number of allylic oxidation sites excluding steroid dienone is 1. The van der Waals surface area contributed by atoms with E-state index in [1.54, 1.807) is 11.8 Å². The van der Waals surface area contributed by atoms with E-state index < -0.39 is 0 Å². The van der Waals surface area contributed by atoms with Crippen molar-refractivity contribution in [2.24, 2.45) is 5.41 Å². The first-order valence-corrected chi connectivity index (χ1v) is 10.5. The minimum atomic E-state index is -0.226. The molecule has 0 spiro atoms. The quantitative estimate of drug-likeness (QED) is 0.495. The number of Topliss-reactive ketones (excluding diaryl/α,β-unsaturated/α-hetero) is 1. The summed E-state index contributed by atoms with van der Waals surface area (Å²) in [5, 5.41) is 12.9. The lowest BCUT2D eigenvalue weighted by Gasteiger charge is -2.32. The molecule has 1 aliphatic rings. The lowest BCUT2D eigenvalue weighted by Crippen LogP contribution is -2.27. The maximum absolute atomic E-state index is 13.1. The van der Waals surface area contributed by atoms with Crippen molar-refractivity contribution in [2.75, 3.05) is 0 Å². The summed E-state index contributed by atoms with van der Waals surface area (Å²) in [5.74, 6) is 0.290. The predicted molar refractivity (Wildman–Crippen MR) is 117 cm³/mol. The summed E-state index contributed by atoms with van der Waals surface area (Å²) >= 11 is 1.63. The molecule has 142 valence electrons. The van der Waals surface area contributed by atoms with Gasteiger partial charge in [-0.2, -0.15) is 0 Å². The first-order chi connectivity index (χ1) is 13.4. The van der Waals surface area contributed by atoms with Crippen molar-refractivity contribution < 1.29 is 9.90 Å². The summed E-state index contributed by atoms with van der Waals surface area (Å²) in [7, 11) is 0. The van der Waals surface area contributed by atoms with Gasteiger partial charge in [0.25, 0.3) is 0 Å². The fourth-order valence-electron chi connectivity index (χ4n) is 3.90. The van der Waals surface area contributed by atoms with Crippen LogP contribution in [0.3, 0.4) is 0 Å². The second-order valence-electron chi connectivity index (χ2n) is 8.22. The number of carbonyl (C=O) groups is 1. The second-order valence-corrected chi connectivity index (χ2v) is 9.40. The number of aliphatic hydroxyl groups excluding tert-OH is 1. The number of hydrogen-bond acceptors (Lipinski definition) is 3. The molecule has 3 heteroatoms. The summed E-state index contributed by atoms with van der Waals surface area (Å²) in [6, 6.07) is 24.6. The van der Waals surface area contributed by atoms with Crippen molar-refractivity contribution >= 4 is 28.3 Å². The molecule has 1 unspecified atom stereocenters. The number of benzene rings is 3. The Hall–Kier alpha value is -2.52. The molecule has 3 aromatic rings. The molecule has 0 fully saturated rings. The van der Waals surface area contributed by atoms with E-state index in [1.807, 2.05) is 56.3 Å². The van der Waals surface area contributed by atoms with Gasteiger partial charge in [-0.3, -0.25) is 4.79 Å². The van der Waals surface area contributed by atoms with Gasteiger partial charge in [0.15, 0.2) is 5.78 Å². The minimum Gasteiger partial charge on any atom is -0.512 e. The van der Waals surface area contributed by atoms with Gasteiger partial charge in [-0.1, -0.05) is 68.4 Å². The summed E-state index contributed by atoms with van der Waals surface area (Å²) in [6.07, 6.45) is 0.999. The summed E-state index contributed by atoms with van der Waals surface area (Å²) in [5.41, 5.74) is 1.40. The lowest BCUT2D eigenvalue weighted by atomic mass is 9.75. The second kappa shape index (κ2) is 7.48. The average molecular weight is 389 g/mol. The van der Waals surface area contributed by atoms with Crippen molar-refractivity contribution in [1.29, 1.82) is 0 Å². The fourth-order valence-corrected chi connectivity index (χ4v) is 5.15. The van der Waals surface area contributed by atoms with Gasteiger partial charge in [-0.25, -0.2) is 0 Å². The fraction of sp³-hybridized carbons (Fsp3) is 0.240. The number of hydrogen-bond donors (Lipinski definition) is 1. The van der Waals surface area contributed by atoms with Gasteiger partial charge in [-0.05, 0) is 39.9 Å². The van der Waals surface area contributed by atoms with Crippen LogP contribution in [-0.2, 0) is 4.79 Å². The number of thioether (sulfide) groups is 1. The standard InChI is InChI=1S/C25H24O2S/c1-25(2)15-21(26)23(22(27)16-25)24(28-20-10-4-3-5-11-20)19-13-12-17-8-6-7-9-18(17)14-19/h3-14,24,26H,15-16H2,1-2H3. The van der Waals surface area contributed by atoms with E-state index >= 15 is 0 Å². The highest BCUT2D eigenvalue weighted by molar-refractivity contribution is 7.99. The van der Waals surface area contributed by atoms with E-state index in [0.29, 0.717) is 18.4 Å².